The molecule has 1 unspecified atom stereocenters. The van der Waals surface area contributed by atoms with E-state index in [9.17, 15) is 4.79 Å². The number of halogens is 1. The van der Waals surface area contributed by atoms with E-state index >= 15 is 0 Å². The van der Waals surface area contributed by atoms with Crippen LogP contribution in [0.5, 0.6) is 0 Å². The minimum Gasteiger partial charge on any atom is -0.444 e. The number of carbonyl (C=O) groups is 1. The lowest BCUT2D eigenvalue weighted by molar-refractivity contribution is 0.0336. The van der Waals surface area contributed by atoms with Crippen molar-refractivity contribution in [2.75, 3.05) is 0 Å². The highest BCUT2D eigenvalue weighted by atomic mass is 79.9. The number of carbonyl (C=O) groups excluding carboxylic acids is 1. The number of benzene rings is 2. The van der Waals surface area contributed by atoms with Crippen molar-refractivity contribution < 1.29 is 9.53 Å². The van der Waals surface area contributed by atoms with Gasteiger partial charge in [-0.25, -0.2) is 4.79 Å². The molecule has 0 aromatic heterocycles. The van der Waals surface area contributed by atoms with Gasteiger partial charge in [-0.1, -0.05) is 58.4 Å². The molecule has 0 aliphatic heterocycles. The smallest absolute Gasteiger partial charge is 0.405 e. The molecule has 0 aliphatic carbocycles. The van der Waals surface area contributed by atoms with Crippen LogP contribution >= 0.6 is 15.9 Å². The zero-order valence-corrected chi connectivity index (χ0v) is 15.0. The molecule has 0 saturated carbocycles. The summed E-state index contributed by atoms with van der Waals surface area (Å²) in [5.74, 6) is 0.226. The third-order valence-corrected chi connectivity index (χ3v) is 4.25. The lowest BCUT2D eigenvalue weighted by Gasteiger charge is -2.29. The molecule has 2 aromatic rings. The molecule has 0 bridgehead atoms. The van der Waals surface area contributed by atoms with Gasteiger partial charge >= 0.3 is 6.09 Å². The van der Waals surface area contributed by atoms with Crippen molar-refractivity contribution in [2.45, 2.75) is 38.2 Å². The Bertz CT molecular complexity index is 655. The highest BCUT2D eigenvalue weighted by Crippen LogP contribution is 2.32. The molecule has 0 saturated heterocycles. The van der Waals surface area contributed by atoms with Crippen LogP contribution in [0.4, 0.5) is 4.79 Å². The standard InChI is InChI=1S/C19H22BrNO2/c1-19(2,23-18(21)22)13-16(11-14-7-4-3-5-8-14)15-9-6-10-17(20)12-15/h3-10,12,16H,11,13H2,1-2H3,(H2,21,22). The maximum absolute atomic E-state index is 11.1. The first-order valence-corrected chi connectivity index (χ1v) is 8.43. The van der Waals surface area contributed by atoms with Crippen molar-refractivity contribution in [3.8, 4) is 0 Å². The molecule has 3 nitrogen and oxygen atoms in total. The summed E-state index contributed by atoms with van der Waals surface area (Å²) >= 11 is 3.53. The third kappa shape index (κ3) is 5.71. The Labute approximate surface area is 146 Å². The Morgan fingerprint density at radius 2 is 1.87 bits per heavy atom. The van der Waals surface area contributed by atoms with Crippen LogP contribution in [0.25, 0.3) is 0 Å². The van der Waals surface area contributed by atoms with Gasteiger partial charge in [0.25, 0.3) is 0 Å². The van der Waals surface area contributed by atoms with Gasteiger partial charge in [-0.2, -0.15) is 0 Å². The highest BCUT2D eigenvalue weighted by Gasteiger charge is 2.27. The van der Waals surface area contributed by atoms with Crippen molar-refractivity contribution in [1.82, 2.24) is 0 Å². The average Bonchev–Trinajstić information content (AvgIpc) is 2.46. The van der Waals surface area contributed by atoms with Crippen LogP contribution in [-0.2, 0) is 11.2 Å². The Balaban J connectivity index is 2.26. The van der Waals surface area contributed by atoms with Crippen LogP contribution in [0, 0.1) is 0 Å². The molecule has 0 heterocycles. The Morgan fingerprint density at radius 1 is 1.17 bits per heavy atom. The first-order chi connectivity index (χ1) is 10.9. The Morgan fingerprint density at radius 3 is 2.48 bits per heavy atom. The zero-order valence-electron chi connectivity index (χ0n) is 13.5. The van der Waals surface area contributed by atoms with Gasteiger partial charge in [0.05, 0.1) is 0 Å². The van der Waals surface area contributed by atoms with Gasteiger partial charge in [0.1, 0.15) is 5.60 Å². The van der Waals surface area contributed by atoms with Gasteiger partial charge in [0.2, 0.25) is 0 Å². The van der Waals surface area contributed by atoms with Gasteiger partial charge in [-0.3, -0.25) is 0 Å². The topological polar surface area (TPSA) is 52.3 Å². The molecular formula is C19H22BrNO2. The summed E-state index contributed by atoms with van der Waals surface area (Å²) in [5.41, 5.74) is 7.05. The summed E-state index contributed by atoms with van der Waals surface area (Å²) in [4.78, 5) is 11.1. The van der Waals surface area contributed by atoms with E-state index in [0.29, 0.717) is 6.42 Å². The summed E-state index contributed by atoms with van der Waals surface area (Å²) in [6.45, 7) is 3.79. The molecule has 1 atom stereocenters. The highest BCUT2D eigenvalue weighted by molar-refractivity contribution is 9.10. The molecule has 0 radical (unpaired) electrons. The predicted molar refractivity (Wildman–Crippen MR) is 96.4 cm³/mol. The van der Waals surface area contributed by atoms with Crippen molar-refractivity contribution in [3.63, 3.8) is 0 Å². The number of nitrogens with two attached hydrogens (primary N) is 1. The van der Waals surface area contributed by atoms with E-state index < -0.39 is 11.7 Å². The van der Waals surface area contributed by atoms with Gasteiger partial charge < -0.3 is 10.5 Å². The lowest BCUT2D eigenvalue weighted by Crippen LogP contribution is -2.33. The van der Waals surface area contributed by atoms with Crippen molar-refractivity contribution in [2.24, 2.45) is 5.73 Å². The molecular weight excluding hydrogens is 354 g/mol. The SMILES string of the molecule is CC(C)(CC(Cc1ccccc1)c1cccc(Br)c1)OC(N)=O. The number of primary amides is 1. The third-order valence-electron chi connectivity index (χ3n) is 3.76. The van der Waals surface area contributed by atoms with E-state index in [1.165, 1.54) is 11.1 Å². The van der Waals surface area contributed by atoms with Crippen molar-refractivity contribution in [3.05, 3.63) is 70.2 Å². The van der Waals surface area contributed by atoms with E-state index in [4.69, 9.17) is 10.5 Å². The molecule has 0 fully saturated rings. The quantitative estimate of drug-likeness (QED) is 0.768. The molecule has 2 aromatic carbocycles. The van der Waals surface area contributed by atoms with Crippen molar-refractivity contribution in [1.29, 1.82) is 0 Å². The van der Waals surface area contributed by atoms with E-state index in [2.05, 4.69) is 40.2 Å². The monoisotopic (exact) mass is 375 g/mol. The normalized spacial score (nSPS) is 12.7. The van der Waals surface area contributed by atoms with Gasteiger partial charge in [0.15, 0.2) is 0 Å². The molecule has 4 heteroatoms. The minimum atomic E-state index is -0.734. The zero-order chi connectivity index (χ0) is 16.9. The fourth-order valence-corrected chi connectivity index (χ4v) is 3.29. The number of hydrogen-bond acceptors (Lipinski definition) is 2. The number of amides is 1. The summed E-state index contributed by atoms with van der Waals surface area (Å²) in [7, 11) is 0. The van der Waals surface area contributed by atoms with E-state index in [-0.39, 0.29) is 5.92 Å². The molecule has 2 rings (SSSR count). The summed E-state index contributed by atoms with van der Waals surface area (Å²) in [6, 6.07) is 18.6. The largest absolute Gasteiger partial charge is 0.444 e. The first-order valence-electron chi connectivity index (χ1n) is 7.63. The fraction of sp³-hybridized carbons (Fsp3) is 0.316. The molecule has 2 N–H and O–H groups in total. The summed E-state index contributed by atoms with van der Waals surface area (Å²) in [5, 5.41) is 0. The van der Waals surface area contributed by atoms with Crippen LogP contribution in [0.1, 0.15) is 37.3 Å². The number of rotatable bonds is 6. The molecule has 1 amide bonds. The van der Waals surface area contributed by atoms with Gasteiger partial charge in [-0.15, -0.1) is 0 Å². The molecule has 23 heavy (non-hydrogen) atoms. The summed E-state index contributed by atoms with van der Waals surface area (Å²) < 4.78 is 6.33. The average molecular weight is 376 g/mol. The van der Waals surface area contributed by atoms with Gasteiger partial charge in [-0.05, 0) is 55.9 Å². The van der Waals surface area contributed by atoms with Crippen LogP contribution in [0.3, 0.4) is 0 Å². The first kappa shape index (κ1) is 17.5. The number of hydrogen-bond donors (Lipinski definition) is 1. The lowest BCUT2D eigenvalue weighted by atomic mass is 9.83. The fourth-order valence-electron chi connectivity index (χ4n) is 2.87. The molecule has 122 valence electrons. The van der Waals surface area contributed by atoms with E-state index in [1.54, 1.807) is 0 Å². The number of ether oxygens (including phenoxy) is 1. The molecule has 0 spiro atoms. The van der Waals surface area contributed by atoms with Crippen LogP contribution in [-0.4, -0.2) is 11.7 Å². The van der Waals surface area contributed by atoms with E-state index in [1.807, 2.05) is 44.2 Å². The van der Waals surface area contributed by atoms with Crippen molar-refractivity contribution >= 4 is 22.0 Å². The van der Waals surface area contributed by atoms with Crippen LogP contribution in [0.2, 0.25) is 0 Å². The summed E-state index contributed by atoms with van der Waals surface area (Å²) in [6.07, 6.45) is 0.840. The van der Waals surface area contributed by atoms with E-state index in [0.717, 1.165) is 10.9 Å². The Kier molecular flexibility index (Phi) is 5.83. The van der Waals surface area contributed by atoms with Crippen LogP contribution in [0.15, 0.2) is 59.1 Å². The second-order valence-electron chi connectivity index (χ2n) is 6.33. The predicted octanol–water partition coefficient (Wildman–Crippen LogP) is 5.04. The second kappa shape index (κ2) is 7.64. The minimum absolute atomic E-state index is 0.226. The van der Waals surface area contributed by atoms with Gasteiger partial charge in [0, 0.05) is 4.47 Å². The second-order valence-corrected chi connectivity index (χ2v) is 7.24. The maximum atomic E-state index is 11.1. The van der Waals surface area contributed by atoms with Crippen LogP contribution < -0.4 is 5.73 Å². The maximum Gasteiger partial charge on any atom is 0.405 e. The Hall–Kier alpha value is -1.81. The molecule has 0 aliphatic rings.